The van der Waals surface area contributed by atoms with Crippen molar-refractivity contribution in [2.45, 2.75) is 32.7 Å². The van der Waals surface area contributed by atoms with E-state index >= 15 is 0 Å². The summed E-state index contributed by atoms with van der Waals surface area (Å²) < 4.78 is 5.51. The van der Waals surface area contributed by atoms with Gasteiger partial charge in [0.2, 0.25) is 0 Å². The van der Waals surface area contributed by atoms with Crippen molar-refractivity contribution in [2.75, 3.05) is 13.2 Å². The predicted molar refractivity (Wildman–Crippen MR) is 71.3 cm³/mol. The Bertz CT molecular complexity index is 362. The summed E-state index contributed by atoms with van der Waals surface area (Å²) in [6.07, 6.45) is 2.33. The molecule has 100 valence electrons. The number of carboxylic acids is 1. The highest BCUT2D eigenvalue weighted by Gasteiger charge is 2.02. The van der Waals surface area contributed by atoms with Crippen LogP contribution in [-0.2, 0) is 0 Å². The molecule has 0 saturated carbocycles. The van der Waals surface area contributed by atoms with E-state index in [4.69, 9.17) is 9.84 Å². The zero-order valence-electron chi connectivity index (χ0n) is 11.0. The lowest BCUT2D eigenvalue weighted by atomic mass is 10.2. The smallest absolute Gasteiger partial charge is 0.335 e. The standard InChI is InChI=1S/C14H21NO3/c1-3-4-11(2)15-9-10-18-13-7-5-12(6-8-13)14(16)17/h5-8,11,15H,3-4,9-10H2,1-2H3,(H,16,17). The van der Waals surface area contributed by atoms with Gasteiger partial charge < -0.3 is 15.2 Å². The summed E-state index contributed by atoms with van der Waals surface area (Å²) in [6, 6.07) is 6.96. The Morgan fingerprint density at radius 2 is 2.06 bits per heavy atom. The van der Waals surface area contributed by atoms with Gasteiger partial charge in [-0.2, -0.15) is 0 Å². The van der Waals surface area contributed by atoms with E-state index in [2.05, 4.69) is 19.2 Å². The topological polar surface area (TPSA) is 58.6 Å². The minimum Gasteiger partial charge on any atom is -0.492 e. The van der Waals surface area contributed by atoms with Crippen molar-refractivity contribution in [1.29, 1.82) is 0 Å². The number of rotatable bonds is 8. The summed E-state index contributed by atoms with van der Waals surface area (Å²) in [5.74, 6) is -0.221. The number of hydrogen-bond acceptors (Lipinski definition) is 3. The number of aromatic carboxylic acids is 1. The van der Waals surface area contributed by atoms with Crippen molar-refractivity contribution >= 4 is 5.97 Å². The van der Waals surface area contributed by atoms with Crippen LogP contribution in [0.25, 0.3) is 0 Å². The van der Waals surface area contributed by atoms with E-state index in [0.29, 0.717) is 18.4 Å². The van der Waals surface area contributed by atoms with Crippen LogP contribution < -0.4 is 10.1 Å². The van der Waals surface area contributed by atoms with Crippen LogP contribution in [0.2, 0.25) is 0 Å². The van der Waals surface area contributed by atoms with E-state index in [9.17, 15) is 4.79 Å². The third-order valence-corrected chi connectivity index (χ3v) is 2.69. The summed E-state index contributed by atoms with van der Waals surface area (Å²) in [4.78, 5) is 10.7. The van der Waals surface area contributed by atoms with Crippen LogP contribution in [0.15, 0.2) is 24.3 Å². The lowest BCUT2D eigenvalue weighted by molar-refractivity contribution is 0.0697. The molecule has 0 radical (unpaired) electrons. The average Bonchev–Trinajstić information content (AvgIpc) is 2.35. The third kappa shape index (κ3) is 5.19. The molecule has 0 spiro atoms. The fraction of sp³-hybridized carbons (Fsp3) is 0.500. The molecule has 0 heterocycles. The van der Waals surface area contributed by atoms with Gasteiger partial charge in [-0.05, 0) is 37.6 Å². The van der Waals surface area contributed by atoms with Gasteiger partial charge in [-0.25, -0.2) is 4.79 Å². The first-order chi connectivity index (χ1) is 8.63. The lowest BCUT2D eigenvalue weighted by Crippen LogP contribution is -2.29. The zero-order chi connectivity index (χ0) is 13.4. The minimum atomic E-state index is -0.920. The molecule has 1 rings (SSSR count). The molecular weight excluding hydrogens is 230 g/mol. The van der Waals surface area contributed by atoms with Gasteiger partial charge in [0.25, 0.3) is 0 Å². The van der Waals surface area contributed by atoms with Crippen LogP contribution in [-0.4, -0.2) is 30.3 Å². The van der Waals surface area contributed by atoms with Crippen LogP contribution in [0.1, 0.15) is 37.0 Å². The minimum absolute atomic E-state index is 0.275. The van der Waals surface area contributed by atoms with Crippen molar-refractivity contribution in [3.63, 3.8) is 0 Å². The second-order valence-electron chi connectivity index (χ2n) is 4.32. The molecule has 4 nitrogen and oxygen atoms in total. The molecule has 1 unspecified atom stereocenters. The predicted octanol–water partition coefficient (Wildman–Crippen LogP) is 2.54. The first-order valence-electron chi connectivity index (χ1n) is 6.33. The molecule has 18 heavy (non-hydrogen) atoms. The normalized spacial score (nSPS) is 12.1. The molecule has 4 heteroatoms. The van der Waals surface area contributed by atoms with Gasteiger partial charge in [0.05, 0.1) is 5.56 Å². The van der Waals surface area contributed by atoms with E-state index in [0.717, 1.165) is 13.0 Å². The lowest BCUT2D eigenvalue weighted by Gasteiger charge is -2.13. The number of nitrogens with one attached hydrogen (secondary N) is 1. The largest absolute Gasteiger partial charge is 0.492 e. The second-order valence-corrected chi connectivity index (χ2v) is 4.32. The Morgan fingerprint density at radius 1 is 1.39 bits per heavy atom. The number of ether oxygens (including phenoxy) is 1. The molecule has 0 saturated heterocycles. The van der Waals surface area contributed by atoms with E-state index in [1.165, 1.54) is 6.42 Å². The maximum Gasteiger partial charge on any atom is 0.335 e. The van der Waals surface area contributed by atoms with Crippen LogP contribution in [0.5, 0.6) is 5.75 Å². The van der Waals surface area contributed by atoms with Gasteiger partial charge >= 0.3 is 5.97 Å². The highest BCUT2D eigenvalue weighted by molar-refractivity contribution is 5.87. The van der Waals surface area contributed by atoms with E-state index < -0.39 is 5.97 Å². The fourth-order valence-corrected chi connectivity index (χ4v) is 1.70. The molecule has 1 aromatic carbocycles. The van der Waals surface area contributed by atoms with Crippen LogP contribution >= 0.6 is 0 Å². The average molecular weight is 251 g/mol. The molecule has 2 N–H and O–H groups in total. The van der Waals surface area contributed by atoms with E-state index in [1.807, 2.05) is 0 Å². The molecule has 0 fully saturated rings. The van der Waals surface area contributed by atoms with E-state index in [1.54, 1.807) is 24.3 Å². The Morgan fingerprint density at radius 3 is 2.61 bits per heavy atom. The van der Waals surface area contributed by atoms with Gasteiger partial charge in [0.1, 0.15) is 12.4 Å². The van der Waals surface area contributed by atoms with Crippen molar-refractivity contribution in [3.8, 4) is 5.75 Å². The van der Waals surface area contributed by atoms with Crippen LogP contribution in [0.3, 0.4) is 0 Å². The van der Waals surface area contributed by atoms with Crippen molar-refractivity contribution in [1.82, 2.24) is 5.32 Å². The maximum absolute atomic E-state index is 10.7. The molecule has 1 aromatic rings. The molecule has 0 aromatic heterocycles. The first-order valence-corrected chi connectivity index (χ1v) is 6.33. The van der Waals surface area contributed by atoms with Crippen molar-refractivity contribution in [2.24, 2.45) is 0 Å². The van der Waals surface area contributed by atoms with Crippen molar-refractivity contribution in [3.05, 3.63) is 29.8 Å². The van der Waals surface area contributed by atoms with Gasteiger partial charge in [0.15, 0.2) is 0 Å². The van der Waals surface area contributed by atoms with Gasteiger partial charge in [-0.3, -0.25) is 0 Å². The zero-order valence-corrected chi connectivity index (χ0v) is 11.0. The van der Waals surface area contributed by atoms with Gasteiger partial charge in [0, 0.05) is 12.6 Å². The number of benzene rings is 1. The molecule has 0 amide bonds. The quantitative estimate of drug-likeness (QED) is 0.697. The van der Waals surface area contributed by atoms with Crippen LogP contribution in [0, 0.1) is 0 Å². The van der Waals surface area contributed by atoms with Crippen LogP contribution in [0.4, 0.5) is 0 Å². The molecule has 0 aliphatic rings. The Kier molecular flexibility index (Phi) is 6.22. The van der Waals surface area contributed by atoms with Gasteiger partial charge in [-0.1, -0.05) is 13.3 Å². The molecule has 1 atom stereocenters. The Balaban J connectivity index is 2.25. The fourth-order valence-electron chi connectivity index (χ4n) is 1.70. The maximum atomic E-state index is 10.7. The molecular formula is C14H21NO3. The summed E-state index contributed by atoms with van der Waals surface area (Å²) in [5, 5.41) is 12.1. The number of hydrogen-bond donors (Lipinski definition) is 2. The number of carboxylic acid groups (broad SMARTS) is 1. The third-order valence-electron chi connectivity index (χ3n) is 2.69. The first kappa shape index (κ1) is 14.5. The molecule has 0 aliphatic heterocycles. The summed E-state index contributed by atoms with van der Waals surface area (Å²) >= 11 is 0. The summed E-state index contributed by atoms with van der Waals surface area (Å²) in [7, 11) is 0. The molecule has 0 bridgehead atoms. The summed E-state index contributed by atoms with van der Waals surface area (Å²) in [6.45, 7) is 5.70. The molecule has 0 aliphatic carbocycles. The second kappa shape index (κ2) is 7.71. The monoisotopic (exact) mass is 251 g/mol. The Hall–Kier alpha value is -1.55. The van der Waals surface area contributed by atoms with E-state index in [-0.39, 0.29) is 5.56 Å². The number of carbonyl (C=O) groups is 1. The van der Waals surface area contributed by atoms with Gasteiger partial charge in [-0.15, -0.1) is 0 Å². The van der Waals surface area contributed by atoms with Crippen molar-refractivity contribution < 1.29 is 14.6 Å². The highest BCUT2D eigenvalue weighted by Crippen LogP contribution is 2.11. The Labute approximate surface area is 108 Å². The highest BCUT2D eigenvalue weighted by atomic mass is 16.5. The summed E-state index contributed by atoms with van der Waals surface area (Å²) in [5.41, 5.74) is 0.275. The SMILES string of the molecule is CCCC(C)NCCOc1ccc(C(=O)O)cc1.